The first-order valence-corrected chi connectivity index (χ1v) is 14.4. The molecule has 1 saturated heterocycles. The van der Waals surface area contributed by atoms with Gasteiger partial charge in [0.1, 0.15) is 18.9 Å². The molecule has 222 valence electrons. The van der Waals surface area contributed by atoms with Crippen LogP contribution in [0.5, 0.6) is 11.5 Å². The van der Waals surface area contributed by atoms with E-state index in [1.165, 1.54) is 0 Å². The van der Waals surface area contributed by atoms with E-state index in [4.69, 9.17) is 19.9 Å². The Balaban J connectivity index is 1.20. The molecule has 1 fully saturated rings. The van der Waals surface area contributed by atoms with E-state index in [1.807, 2.05) is 6.07 Å². The molecule has 0 saturated carbocycles. The van der Waals surface area contributed by atoms with E-state index in [-0.39, 0.29) is 17.6 Å². The molecule has 5 rings (SSSR count). The Morgan fingerprint density at radius 2 is 1.71 bits per heavy atom. The molecule has 0 radical (unpaired) electrons. The van der Waals surface area contributed by atoms with Crippen molar-refractivity contribution in [2.24, 2.45) is 0 Å². The van der Waals surface area contributed by atoms with E-state index in [9.17, 15) is 9.59 Å². The van der Waals surface area contributed by atoms with E-state index < -0.39 is 0 Å². The Morgan fingerprint density at radius 1 is 0.905 bits per heavy atom. The summed E-state index contributed by atoms with van der Waals surface area (Å²) in [4.78, 5) is 34.7. The first-order valence-electron chi connectivity index (χ1n) is 14.4. The predicted octanol–water partition coefficient (Wildman–Crippen LogP) is 4.22. The number of urea groups is 1. The summed E-state index contributed by atoms with van der Waals surface area (Å²) in [7, 11) is 0. The quantitative estimate of drug-likeness (QED) is 0.229. The lowest BCUT2D eigenvalue weighted by Crippen LogP contribution is -2.37. The summed E-state index contributed by atoms with van der Waals surface area (Å²) >= 11 is 0. The summed E-state index contributed by atoms with van der Waals surface area (Å²) in [6.45, 7) is 6.48. The lowest BCUT2D eigenvalue weighted by molar-refractivity contribution is 0.0371. The zero-order valence-electron chi connectivity index (χ0n) is 23.7. The number of aromatic nitrogens is 1. The molecule has 3 heterocycles. The summed E-state index contributed by atoms with van der Waals surface area (Å²) in [6, 6.07) is 15.7. The van der Waals surface area contributed by atoms with E-state index in [0.717, 1.165) is 57.7 Å². The summed E-state index contributed by atoms with van der Waals surface area (Å²) in [5.41, 5.74) is 8.66. The molecule has 1 aromatic heterocycles. The van der Waals surface area contributed by atoms with Gasteiger partial charge >= 0.3 is 6.03 Å². The molecule has 3 aromatic rings. The number of para-hydroxylation sites is 2. The minimum absolute atomic E-state index is 0.221. The van der Waals surface area contributed by atoms with E-state index in [2.05, 4.69) is 20.5 Å². The maximum atomic E-state index is 13.4. The molecule has 11 heteroatoms. The van der Waals surface area contributed by atoms with Crippen molar-refractivity contribution < 1.29 is 23.8 Å². The highest BCUT2D eigenvalue weighted by Gasteiger charge is 2.18. The topological polar surface area (TPSA) is 131 Å². The van der Waals surface area contributed by atoms with Crippen LogP contribution in [-0.2, 0) is 11.3 Å². The molecule has 4 N–H and O–H groups in total. The second-order valence-corrected chi connectivity index (χ2v) is 10.3. The number of ether oxygens (including phenoxy) is 3. The lowest BCUT2D eigenvalue weighted by Gasteiger charge is -2.27. The number of carbonyl (C=O) groups excluding carboxylic acids is 2. The number of unbranched alkanes of at least 4 members (excludes halogenated alkanes) is 2. The van der Waals surface area contributed by atoms with Crippen LogP contribution in [0.2, 0.25) is 0 Å². The minimum atomic E-state index is -0.354. The van der Waals surface area contributed by atoms with Crippen LogP contribution < -0.4 is 25.8 Å². The third-order valence-corrected chi connectivity index (χ3v) is 7.23. The maximum absolute atomic E-state index is 13.4. The van der Waals surface area contributed by atoms with Gasteiger partial charge in [0.15, 0.2) is 11.5 Å². The van der Waals surface area contributed by atoms with Crippen LogP contribution in [0.4, 0.5) is 21.9 Å². The molecule has 0 unspecified atom stereocenters. The average Bonchev–Trinajstić information content (AvgIpc) is 3.02. The predicted molar refractivity (Wildman–Crippen MR) is 161 cm³/mol. The summed E-state index contributed by atoms with van der Waals surface area (Å²) < 4.78 is 16.7. The molecule has 0 aliphatic carbocycles. The van der Waals surface area contributed by atoms with E-state index in [0.29, 0.717) is 54.9 Å². The number of hydrogen-bond acceptors (Lipinski definition) is 8. The van der Waals surface area contributed by atoms with Gasteiger partial charge in [-0.2, -0.15) is 0 Å². The average molecular weight is 575 g/mol. The molecule has 2 aromatic carbocycles. The molecule has 2 aliphatic heterocycles. The number of morpholine rings is 1. The molecule has 0 atom stereocenters. The molecule has 11 nitrogen and oxygen atoms in total. The van der Waals surface area contributed by atoms with Gasteiger partial charge in [-0.1, -0.05) is 24.6 Å². The summed E-state index contributed by atoms with van der Waals surface area (Å²) in [6.07, 6.45) is 4.57. The Morgan fingerprint density at radius 3 is 2.50 bits per heavy atom. The molecule has 3 amide bonds. The van der Waals surface area contributed by atoms with Gasteiger partial charge in [-0.05, 0) is 55.3 Å². The van der Waals surface area contributed by atoms with Crippen LogP contribution in [-0.4, -0.2) is 79.3 Å². The number of nitrogens with two attached hydrogens (primary N) is 1. The molecular formula is C31H38N6O5. The fraction of sp³-hybridized carbons (Fsp3) is 0.387. The highest BCUT2D eigenvalue weighted by molar-refractivity contribution is 6.04. The molecular weight excluding hydrogens is 536 g/mol. The Labute approximate surface area is 245 Å². The molecule has 2 aliphatic rings. The number of nitrogens with zero attached hydrogens (tertiary/aromatic N) is 3. The number of nitrogen functional groups attached to an aromatic ring is 1. The lowest BCUT2D eigenvalue weighted by atomic mass is 10.2. The number of rotatable bonds is 11. The van der Waals surface area contributed by atoms with E-state index >= 15 is 0 Å². The number of fused-ring (bicyclic) bond motifs is 1. The zero-order chi connectivity index (χ0) is 29.1. The van der Waals surface area contributed by atoms with Crippen molar-refractivity contribution in [3.8, 4) is 11.5 Å². The van der Waals surface area contributed by atoms with Gasteiger partial charge in [-0.25, -0.2) is 4.79 Å². The van der Waals surface area contributed by atoms with Crippen LogP contribution in [0.3, 0.4) is 0 Å². The van der Waals surface area contributed by atoms with Crippen LogP contribution in [0.1, 0.15) is 35.3 Å². The smallest absolute Gasteiger partial charge is 0.322 e. The molecule has 42 heavy (non-hydrogen) atoms. The number of amides is 3. The van der Waals surface area contributed by atoms with Crippen molar-refractivity contribution in [1.29, 1.82) is 0 Å². The van der Waals surface area contributed by atoms with Crippen molar-refractivity contribution >= 4 is 29.0 Å². The molecule has 0 bridgehead atoms. The largest absolute Gasteiger partial charge is 0.486 e. The SMILES string of the molecule is Nc1ccccc1NC(=O)c1ccc(CN(CCCCCN2CCOCC2)C(=O)Nc2ccc3c(c2)OCCO3)cn1. The third-order valence-electron chi connectivity index (χ3n) is 7.23. The number of benzene rings is 2. The fourth-order valence-electron chi connectivity index (χ4n) is 4.89. The van der Waals surface area contributed by atoms with Gasteiger partial charge in [0.2, 0.25) is 0 Å². The number of carbonyl (C=O) groups is 2. The highest BCUT2D eigenvalue weighted by atomic mass is 16.6. The van der Waals surface area contributed by atoms with Crippen LogP contribution >= 0.6 is 0 Å². The Kier molecular flexibility index (Phi) is 10.1. The number of pyridine rings is 1. The highest BCUT2D eigenvalue weighted by Crippen LogP contribution is 2.32. The van der Waals surface area contributed by atoms with Gasteiger partial charge in [0.25, 0.3) is 5.91 Å². The maximum Gasteiger partial charge on any atom is 0.322 e. The van der Waals surface area contributed by atoms with Crippen molar-refractivity contribution in [2.45, 2.75) is 25.8 Å². The summed E-state index contributed by atoms with van der Waals surface area (Å²) in [5.74, 6) is 0.929. The van der Waals surface area contributed by atoms with Gasteiger partial charge in [-0.3, -0.25) is 14.7 Å². The second kappa shape index (κ2) is 14.5. The van der Waals surface area contributed by atoms with Crippen LogP contribution in [0.25, 0.3) is 0 Å². The van der Waals surface area contributed by atoms with Gasteiger partial charge in [0.05, 0.1) is 24.6 Å². The van der Waals surface area contributed by atoms with E-state index in [1.54, 1.807) is 59.6 Å². The normalized spacial score (nSPS) is 14.7. The van der Waals surface area contributed by atoms with Gasteiger partial charge in [0, 0.05) is 44.1 Å². The Hall–Kier alpha value is -4.35. The van der Waals surface area contributed by atoms with Crippen molar-refractivity contribution in [2.75, 3.05) is 69.0 Å². The fourth-order valence-corrected chi connectivity index (χ4v) is 4.89. The van der Waals surface area contributed by atoms with Crippen molar-refractivity contribution in [3.63, 3.8) is 0 Å². The number of hydrogen-bond donors (Lipinski definition) is 3. The Bertz CT molecular complexity index is 1350. The zero-order valence-corrected chi connectivity index (χ0v) is 23.7. The van der Waals surface area contributed by atoms with Gasteiger partial charge < -0.3 is 35.5 Å². The second-order valence-electron chi connectivity index (χ2n) is 10.3. The summed E-state index contributed by atoms with van der Waals surface area (Å²) in [5, 5.41) is 5.79. The van der Waals surface area contributed by atoms with Crippen LogP contribution in [0.15, 0.2) is 60.8 Å². The first-order chi connectivity index (χ1) is 20.5. The molecule has 0 spiro atoms. The minimum Gasteiger partial charge on any atom is -0.486 e. The number of nitrogens with one attached hydrogen (secondary N) is 2. The first kappa shape index (κ1) is 29.2. The van der Waals surface area contributed by atoms with Crippen molar-refractivity contribution in [1.82, 2.24) is 14.8 Å². The van der Waals surface area contributed by atoms with Crippen molar-refractivity contribution in [3.05, 3.63) is 72.1 Å². The monoisotopic (exact) mass is 574 g/mol. The standard InChI is InChI=1S/C31H38N6O5/c32-25-6-2-3-7-26(25)35-30(38)27-10-8-23(21-33-27)22-37(13-5-1-4-12-36-14-16-40-17-15-36)31(39)34-24-9-11-28-29(20-24)42-19-18-41-28/h2-3,6-11,20-21H,1,4-5,12-19,22,32H2,(H,34,39)(H,35,38). The van der Waals surface area contributed by atoms with Crippen LogP contribution in [0, 0.1) is 0 Å². The number of anilines is 3. The third kappa shape index (κ3) is 8.11. The van der Waals surface area contributed by atoms with Gasteiger partial charge in [-0.15, -0.1) is 0 Å².